The van der Waals surface area contributed by atoms with E-state index in [2.05, 4.69) is 47.9 Å². The molecule has 0 aliphatic rings. The highest BCUT2D eigenvalue weighted by Gasteiger charge is 2.15. The maximum Gasteiger partial charge on any atom is 0.220 e. The van der Waals surface area contributed by atoms with E-state index in [1.54, 1.807) is 19.5 Å². The molecule has 3 aromatic rings. The van der Waals surface area contributed by atoms with Crippen molar-refractivity contribution in [1.29, 1.82) is 0 Å². The lowest BCUT2D eigenvalue weighted by Crippen LogP contribution is -2.01. The molecule has 24 heavy (non-hydrogen) atoms. The molecule has 0 spiro atoms. The fourth-order valence-corrected chi connectivity index (χ4v) is 3.01. The lowest BCUT2D eigenvalue weighted by molar-refractivity contribution is 0.398. The fourth-order valence-electron chi connectivity index (χ4n) is 3.01. The molecule has 3 rings (SSSR count). The molecule has 2 N–H and O–H groups in total. The third-order valence-corrected chi connectivity index (χ3v) is 3.98. The molecule has 0 saturated carbocycles. The number of methoxy groups -OCH3 is 1. The second-order valence-corrected chi connectivity index (χ2v) is 5.85. The van der Waals surface area contributed by atoms with Crippen molar-refractivity contribution in [2.24, 2.45) is 0 Å². The van der Waals surface area contributed by atoms with E-state index < -0.39 is 0 Å². The van der Waals surface area contributed by atoms with E-state index in [4.69, 9.17) is 10.5 Å². The van der Waals surface area contributed by atoms with Gasteiger partial charge < -0.3 is 10.5 Å². The number of nitrogens with two attached hydrogens (primary N) is 1. The summed E-state index contributed by atoms with van der Waals surface area (Å²) < 4.78 is 5.13. The summed E-state index contributed by atoms with van der Waals surface area (Å²) in [6.45, 7) is 6.26. The Balaban J connectivity index is 2.23. The molecule has 0 fully saturated rings. The van der Waals surface area contributed by atoms with Crippen LogP contribution >= 0.6 is 0 Å². The van der Waals surface area contributed by atoms with Crippen LogP contribution in [0.4, 0.5) is 5.95 Å². The first-order chi connectivity index (χ1) is 11.5. The van der Waals surface area contributed by atoms with Gasteiger partial charge in [-0.15, -0.1) is 0 Å². The second-order valence-electron chi connectivity index (χ2n) is 5.85. The highest BCUT2D eigenvalue weighted by molar-refractivity contribution is 5.83. The van der Waals surface area contributed by atoms with Crippen LogP contribution in [0.5, 0.6) is 5.88 Å². The van der Waals surface area contributed by atoms with Crippen molar-refractivity contribution in [3.63, 3.8) is 0 Å². The summed E-state index contributed by atoms with van der Waals surface area (Å²) in [6.07, 6.45) is 3.51. The first-order valence-electron chi connectivity index (χ1n) is 7.70. The Morgan fingerprint density at radius 1 is 0.958 bits per heavy atom. The summed E-state index contributed by atoms with van der Waals surface area (Å²) in [5, 5.41) is 0. The molecular formula is C19H20N4O. The van der Waals surface area contributed by atoms with Gasteiger partial charge in [0.1, 0.15) is 0 Å². The number of nitrogens with zero attached hydrogens (tertiary/aromatic N) is 3. The minimum absolute atomic E-state index is 0.259. The number of anilines is 1. The SMILES string of the molecule is COc1ccc(-c2cnc(N)nc2-c2c(C)cc(C)cc2C)cn1. The van der Waals surface area contributed by atoms with Gasteiger partial charge in [-0.1, -0.05) is 17.7 Å². The summed E-state index contributed by atoms with van der Waals surface area (Å²) in [5.41, 5.74) is 13.1. The third kappa shape index (κ3) is 2.93. The Labute approximate surface area is 141 Å². The van der Waals surface area contributed by atoms with Gasteiger partial charge in [0, 0.05) is 35.2 Å². The van der Waals surface area contributed by atoms with Gasteiger partial charge in [0.25, 0.3) is 0 Å². The second kappa shape index (κ2) is 6.28. The third-order valence-electron chi connectivity index (χ3n) is 3.98. The van der Waals surface area contributed by atoms with Crippen LogP contribution in [0.2, 0.25) is 0 Å². The van der Waals surface area contributed by atoms with Gasteiger partial charge in [-0.05, 0) is 38.0 Å². The molecular weight excluding hydrogens is 300 g/mol. The molecule has 0 radical (unpaired) electrons. The van der Waals surface area contributed by atoms with Crippen LogP contribution < -0.4 is 10.5 Å². The number of hydrogen-bond donors (Lipinski definition) is 1. The van der Waals surface area contributed by atoms with Crippen molar-refractivity contribution in [3.8, 4) is 28.3 Å². The van der Waals surface area contributed by atoms with Crippen molar-refractivity contribution in [3.05, 3.63) is 53.3 Å². The predicted molar refractivity (Wildman–Crippen MR) is 95.9 cm³/mol. The number of ether oxygens (including phenoxy) is 1. The summed E-state index contributed by atoms with van der Waals surface area (Å²) in [7, 11) is 1.60. The molecule has 0 aliphatic heterocycles. The largest absolute Gasteiger partial charge is 0.481 e. The number of nitrogen functional groups attached to an aromatic ring is 1. The number of rotatable bonds is 3. The van der Waals surface area contributed by atoms with Crippen molar-refractivity contribution < 1.29 is 4.74 Å². The molecule has 1 aromatic carbocycles. The highest BCUT2D eigenvalue weighted by Crippen LogP contribution is 2.35. The fraction of sp³-hybridized carbons (Fsp3) is 0.211. The molecule has 2 aromatic heterocycles. The maximum atomic E-state index is 5.86. The van der Waals surface area contributed by atoms with E-state index in [0.717, 1.165) is 33.5 Å². The molecule has 0 unspecified atom stereocenters. The first-order valence-corrected chi connectivity index (χ1v) is 7.70. The Bertz CT molecular complexity index is 865. The van der Waals surface area contributed by atoms with Crippen molar-refractivity contribution >= 4 is 5.95 Å². The molecule has 0 aliphatic carbocycles. The Morgan fingerprint density at radius 3 is 2.25 bits per heavy atom. The summed E-state index contributed by atoms with van der Waals surface area (Å²) in [5.74, 6) is 0.828. The van der Waals surface area contributed by atoms with Crippen molar-refractivity contribution in [2.75, 3.05) is 12.8 Å². The van der Waals surface area contributed by atoms with Gasteiger partial charge in [0.2, 0.25) is 11.8 Å². The van der Waals surface area contributed by atoms with Gasteiger partial charge in [0.15, 0.2) is 0 Å². The average molecular weight is 320 g/mol. The van der Waals surface area contributed by atoms with Crippen LogP contribution in [0, 0.1) is 20.8 Å². The minimum Gasteiger partial charge on any atom is -0.481 e. The minimum atomic E-state index is 0.259. The standard InChI is InChI=1S/C19H20N4O/c1-11-7-12(2)17(13(3)8-11)18-15(10-22-19(20)23-18)14-5-6-16(24-4)21-9-14/h5-10H,1-4H3,(H2,20,22,23). The van der Waals surface area contributed by atoms with Gasteiger partial charge in [-0.3, -0.25) is 0 Å². The number of aryl methyl sites for hydroxylation is 3. The highest BCUT2D eigenvalue weighted by atomic mass is 16.5. The lowest BCUT2D eigenvalue weighted by atomic mass is 9.93. The number of aromatic nitrogens is 3. The molecule has 2 heterocycles. The maximum absolute atomic E-state index is 5.86. The monoisotopic (exact) mass is 320 g/mol. The Kier molecular flexibility index (Phi) is 4.16. The normalized spacial score (nSPS) is 10.7. The van der Waals surface area contributed by atoms with Crippen LogP contribution in [-0.2, 0) is 0 Å². The Hall–Kier alpha value is -2.95. The molecule has 0 amide bonds. The molecule has 122 valence electrons. The van der Waals surface area contributed by atoms with Crippen LogP contribution in [0.15, 0.2) is 36.7 Å². The van der Waals surface area contributed by atoms with Crippen LogP contribution in [0.3, 0.4) is 0 Å². The lowest BCUT2D eigenvalue weighted by Gasteiger charge is -2.15. The zero-order chi connectivity index (χ0) is 17.3. The van der Waals surface area contributed by atoms with Crippen LogP contribution in [-0.4, -0.2) is 22.1 Å². The average Bonchev–Trinajstić information content (AvgIpc) is 2.54. The van der Waals surface area contributed by atoms with Crippen LogP contribution in [0.1, 0.15) is 16.7 Å². The van der Waals surface area contributed by atoms with Gasteiger partial charge in [-0.25, -0.2) is 15.0 Å². The number of pyridine rings is 1. The topological polar surface area (TPSA) is 73.9 Å². The molecule has 0 atom stereocenters. The molecule has 0 bridgehead atoms. The number of hydrogen-bond acceptors (Lipinski definition) is 5. The summed E-state index contributed by atoms with van der Waals surface area (Å²) in [4.78, 5) is 13.0. The van der Waals surface area contributed by atoms with E-state index in [1.807, 2.05) is 12.1 Å². The zero-order valence-electron chi connectivity index (χ0n) is 14.3. The molecule has 0 saturated heterocycles. The van der Waals surface area contributed by atoms with Crippen LogP contribution in [0.25, 0.3) is 22.4 Å². The van der Waals surface area contributed by atoms with Gasteiger partial charge in [0.05, 0.1) is 12.8 Å². The molecule has 5 nitrogen and oxygen atoms in total. The first kappa shape index (κ1) is 15.9. The quantitative estimate of drug-likeness (QED) is 0.796. The Morgan fingerprint density at radius 2 is 1.67 bits per heavy atom. The molecule has 5 heteroatoms. The van der Waals surface area contributed by atoms with Crippen molar-refractivity contribution in [1.82, 2.24) is 15.0 Å². The van der Waals surface area contributed by atoms with E-state index in [0.29, 0.717) is 5.88 Å². The van der Waals surface area contributed by atoms with E-state index in [9.17, 15) is 0 Å². The van der Waals surface area contributed by atoms with Crippen molar-refractivity contribution in [2.45, 2.75) is 20.8 Å². The van der Waals surface area contributed by atoms with E-state index >= 15 is 0 Å². The van der Waals surface area contributed by atoms with E-state index in [1.165, 1.54) is 5.56 Å². The van der Waals surface area contributed by atoms with E-state index in [-0.39, 0.29) is 5.95 Å². The number of benzene rings is 1. The summed E-state index contributed by atoms with van der Waals surface area (Å²) in [6, 6.07) is 8.07. The summed E-state index contributed by atoms with van der Waals surface area (Å²) >= 11 is 0. The van der Waals surface area contributed by atoms with Gasteiger partial charge in [-0.2, -0.15) is 0 Å². The van der Waals surface area contributed by atoms with Gasteiger partial charge >= 0.3 is 0 Å². The zero-order valence-corrected chi connectivity index (χ0v) is 14.3. The smallest absolute Gasteiger partial charge is 0.220 e. The predicted octanol–water partition coefficient (Wildman–Crippen LogP) is 3.72.